The highest BCUT2D eigenvalue weighted by Crippen LogP contribution is 2.40. The van der Waals surface area contributed by atoms with Gasteiger partial charge in [-0.15, -0.1) is 0 Å². The molecule has 0 aliphatic heterocycles. The van der Waals surface area contributed by atoms with Crippen LogP contribution in [0.4, 0.5) is 4.79 Å². The van der Waals surface area contributed by atoms with Gasteiger partial charge in [0.15, 0.2) is 0 Å². The summed E-state index contributed by atoms with van der Waals surface area (Å²) in [7, 11) is 0. The number of nitrogens with one attached hydrogen (secondary N) is 2. The summed E-state index contributed by atoms with van der Waals surface area (Å²) in [6, 6.07) is 0.284. The molecule has 7 nitrogen and oxygen atoms in total. The van der Waals surface area contributed by atoms with Crippen LogP contribution in [0, 0.1) is 0 Å². The van der Waals surface area contributed by atoms with E-state index >= 15 is 0 Å². The Morgan fingerprint density at radius 3 is 2.67 bits per heavy atom. The Balaban J connectivity index is 1.76. The fraction of sp³-hybridized carbons (Fsp3) is 0.643. The van der Waals surface area contributed by atoms with Gasteiger partial charge in [0.1, 0.15) is 11.5 Å². The summed E-state index contributed by atoms with van der Waals surface area (Å²) in [5.74, 6) is -0.492. The third-order valence-electron chi connectivity index (χ3n) is 4.40. The molecule has 2 saturated carbocycles. The van der Waals surface area contributed by atoms with Crippen molar-refractivity contribution >= 4 is 12.0 Å². The van der Waals surface area contributed by atoms with Crippen LogP contribution < -0.4 is 5.32 Å². The summed E-state index contributed by atoms with van der Waals surface area (Å²) in [5.41, 5.74) is -0.479. The maximum Gasteiger partial charge on any atom is 0.353 e. The molecule has 0 bridgehead atoms. The van der Waals surface area contributed by atoms with Crippen LogP contribution in [0.2, 0.25) is 0 Å². The number of aromatic nitrogens is 2. The number of aromatic carboxylic acids is 1. The van der Waals surface area contributed by atoms with E-state index in [1.54, 1.807) is 0 Å². The standard InChI is InChI=1S/C14H20N4O3/c1-2-18(9-4-5-9)13(21)17-14(6-3-7-14)12-15-8-10(16-12)11(19)20/h8-9H,2-7H2,1H3,(H,15,16)(H,17,21)(H,19,20). The second kappa shape index (κ2) is 5.05. The number of nitrogens with zero attached hydrogens (tertiary/aromatic N) is 2. The van der Waals surface area contributed by atoms with Crippen LogP contribution in [-0.4, -0.2) is 44.6 Å². The third-order valence-corrected chi connectivity index (χ3v) is 4.40. The first kappa shape index (κ1) is 13.9. The van der Waals surface area contributed by atoms with Crippen LogP contribution in [0.5, 0.6) is 0 Å². The van der Waals surface area contributed by atoms with E-state index in [0.717, 1.165) is 32.1 Å². The van der Waals surface area contributed by atoms with Gasteiger partial charge in [0, 0.05) is 12.6 Å². The Labute approximate surface area is 122 Å². The van der Waals surface area contributed by atoms with Crippen LogP contribution in [0.15, 0.2) is 6.20 Å². The van der Waals surface area contributed by atoms with Gasteiger partial charge >= 0.3 is 12.0 Å². The minimum absolute atomic E-state index is 0.0556. The first-order chi connectivity index (χ1) is 10.1. The van der Waals surface area contributed by atoms with Crippen LogP contribution in [0.1, 0.15) is 55.3 Å². The van der Waals surface area contributed by atoms with Gasteiger partial charge in [0.05, 0.1) is 11.7 Å². The quantitative estimate of drug-likeness (QED) is 0.769. The predicted octanol–water partition coefficient (Wildman–Crippen LogP) is 1.68. The number of carbonyl (C=O) groups is 2. The largest absolute Gasteiger partial charge is 0.477 e. The van der Waals surface area contributed by atoms with E-state index in [1.165, 1.54) is 6.20 Å². The molecule has 0 aromatic carbocycles. The van der Waals surface area contributed by atoms with Crippen LogP contribution >= 0.6 is 0 Å². The lowest BCUT2D eigenvalue weighted by Crippen LogP contribution is -2.55. The Morgan fingerprint density at radius 1 is 1.52 bits per heavy atom. The molecule has 0 unspecified atom stereocenters. The van der Waals surface area contributed by atoms with Crippen molar-refractivity contribution in [2.24, 2.45) is 0 Å². The fourth-order valence-electron chi connectivity index (χ4n) is 2.85. The molecule has 0 spiro atoms. The van der Waals surface area contributed by atoms with E-state index in [-0.39, 0.29) is 11.7 Å². The highest BCUT2D eigenvalue weighted by Gasteiger charge is 2.44. The number of carboxylic acids is 1. The molecule has 114 valence electrons. The van der Waals surface area contributed by atoms with Crippen LogP contribution in [-0.2, 0) is 5.54 Å². The summed E-state index contributed by atoms with van der Waals surface area (Å²) in [4.78, 5) is 32.2. The van der Waals surface area contributed by atoms with Crippen LogP contribution in [0.25, 0.3) is 0 Å². The van der Waals surface area contributed by atoms with Gasteiger partial charge in [-0.05, 0) is 39.0 Å². The second-order valence-electron chi connectivity index (χ2n) is 5.83. The first-order valence-electron chi connectivity index (χ1n) is 7.43. The minimum atomic E-state index is -1.04. The summed E-state index contributed by atoms with van der Waals surface area (Å²) in [6.07, 6.45) is 6.01. The monoisotopic (exact) mass is 292 g/mol. The highest BCUT2D eigenvalue weighted by molar-refractivity contribution is 5.85. The average molecular weight is 292 g/mol. The molecule has 1 aromatic rings. The predicted molar refractivity (Wildman–Crippen MR) is 75.0 cm³/mol. The summed E-state index contributed by atoms with van der Waals surface area (Å²) < 4.78 is 0. The van der Waals surface area contributed by atoms with Gasteiger partial charge in [0.25, 0.3) is 0 Å². The summed E-state index contributed by atoms with van der Waals surface area (Å²) >= 11 is 0. The molecule has 1 aromatic heterocycles. The molecule has 0 radical (unpaired) electrons. The van der Waals surface area contributed by atoms with E-state index in [9.17, 15) is 9.59 Å². The van der Waals surface area contributed by atoms with Crippen molar-refractivity contribution in [2.75, 3.05) is 6.54 Å². The molecule has 0 atom stereocenters. The minimum Gasteiger partial charge on any atom is -0.477 e. The van der Waals surface area contributed by atoms with Gasteiger partial charge in [-0.2, -0.15) is 0 Å². The number of carbonyl (C=O) groups excluding carboxylic acids is 1. The molecular formula is C14H20N4O3. The summed E-state index contributed by atoms with van der Waals surface area (Å²) in [6.45, 7) is 2.66. The van der Waals surface area contributed by atoms with Crippen molar-refractivity contribution in [3.63, 3.8) is 0 Å². The van der Waals surface area contributed by atoms with E-state index in [4.69, 9.17) is 5.11 Å². The normalized spacial score (nSPS) is 19.7. The molecule has 0 saturated heterocycles. The Kier molecular flexibility index (Phi) is 3.35. The number of urea groups is 1. The zero-order valence-corrected chi connectivity index (χ0v) is 12.1. The molecule has 1 heterocycles. The average Bonchev–Trinajstić information content (AvgIpc) is 3.10. The zero-order chi connectivity index (χ0) is 15.0. The molecule has 2 amide bonds. The third kappa shape index (κ3) is 2.48. The lowest BCUT2D eigenvalue weighted by Gasteiger charge is -2.42. The van der Waals surface area contributed by atoms with Gasteiger partial charge in [-0.3, -0.25) is 0 Å². The van der Waals surface area contributed by atoms with E-state index in [1.807, 2.05) is 11.8 Å². The molecule has 7 heteroatoms. The van der Waals surface area contributed by atoms with Crippen molar-refractivity contribution < 1.29 is 14.7 Å². The van der Waals surface area contributed by atoms with E-state index in [0.29, 0.717) is 18.4 Å². The SMILES string of the molecule is CCN(C(=O)NC1(c2ncc(C(=O)O)[nH]2)CCC1)C1CC1. The van der Waals surface area contributed by atoms with Gasteiger partial charge in [-0.25, -0.2) is 14.6 Å². The zero-order valence-electron chi connectivity index (χ0n) is 12.1. The maximum atomic E-state index is 12.4. The Hall–Kier alpha value is -2.05. The van der Waals surface area contributed by atoms with Gasteiger partial charge in [-0.1, -0.05) is 0 Å². The van der Waals surface area contributed by atoms with Crippen molar-refractivity contribution in [3.05, 3.63) is 17.7 Å². The number of hydrogen-bond acceptors (Lipinski definition) is 3. The molecule has 2 fully saturated rings. The first-order valence-corrected chi connectivity index (χ1v) is 7.43. The number of carboxylic acid groups (broad SMARTS) is 1. The van der Waals surface area contributed by atoms with Crippen LogP contribution in [0.3, 0.4) is 0 Å². The molecule has 3 rings (SSSR count). The number of rotatable bonds is 5. The Morgan fingerprint density at radius 2 is 2.24 bits per heavy atom. The van der Waals surface area contributed by atoms with Gasteiger partial charge < -0.3 is 20.3 Å². The van der Waals surface area contributed by atoms with Crippen molar-refractivity contribution in [2.45, 2.75) is 50.6 Å². The Bertz CT molecular complexity index is 560. The maximum absolute atomic E-state index is 12.4. The van der Waals surface area contributed by atoms with Crippen molar-refractivity contribution in [1.29, 1.82) is 0 Å². The second-order valence-corrected chi connectivity index (χ2v) is 5.83. The summed E-state index contributed by atoms with van der Waals surface area (Å²) in [5, 5.41) is 12.0. The van der Waals surface area contributed by atoms with E-state index < -0.39 is 11.5 Å². The number of hydrogen-bond donors (Lipinski definition) is 3. The molecule has 21 heavy (non-hydrogen) atoms. The number of H-pyrrole nitrogens is 1. The van der Waals surface area contributed by atoms with Crippen molar-refractivity contribution in [3.8, 4) is 0 Å². The lowest BCUT2D eigenvalue weighted by molar-refractivity contribution is 0.0690. The molecule has 3 N–H and O–H groups in total. The number of imidazole rings is 1. The molecular weight excluding hydrogens is 272 g/mol. The fourth-order valence-corrected chi connectivity index (χ4v) is 2.85. The number of amides is 2. The smallest absolute Gasteiger partial charge is 0.353 e. The lowest BCUT2D eigenvalue weighted by atomic mass is 9.76. The van der Waals surface area contributed by atoms with Gasteiger partial charge in [0.2, 0.25) is 0 Å². The highest BCUT2D eigenvalue weighted by atomic mass is 16.4. The van der Waals surface area contributed by atoms with E-state index in [2.05, 4.69) is 15.3 Å². The topological polar surface area (TPSA) is 98.3 Å². The molecule has 2 aliphatic rings. The number of aromatic amines is 1. The van der Waals surface area contributed by atoms with Crippen molar-refractivity contribution in [1.82, 2.24) is 20.2 Å². The molecule has 2 aliphatic carbocycles.